The zero-order chi connectivity index (χ0) is 26.4. The van der Waals surface area contributed by atoms with Gasteiger partial charge in [-0.05, 0) is 125 Å². The predicted molar refractivity (Wildman–Crippen MR) is 151 cm³/mol. The number of allylic oxidation sites excluding steroid dienone is 4. The topological polar surface area (TPSA) is 39.2 Å². The highest BCUT2D eigenvalue weighted by Crippen LogP contribution is 2.67. The van der Waals surface area contributed by atoms with Gasteiger partial charge in [0, 0.05) is 17.8 Å². The Balaban J connectivity index is 1.33. The number of carbonyl (C=O) groups is 1. The highest BCUT2D eigenvalue weighted by atomic mass is 16.5. The molecule has 37 heavy (non-hydrogen) atoms. The summed E-state index contributed by atoms with van der Waals surface area (Å²) in [7, 11) is 0. The molecule has 6 atom stereocenters. The van der Waals surface area contributed by atoms with E-state index in [2.05, 4.69) is 52.6 Å². The third kappa shape index (κ3) is 4.63. The molecule has 0 aliphatic heterocycles. The van der Waals surface area contributed by atoms with Crippen LogP contribution in [0.15, 0.2) is 47.3 Å². The van der Waals surface area contributed by atoms with Crippen molar-refractivity contribution in [3.63, 3.8) is 0 Å². The Morgan fingerprint density at radius 1 is 1.08 bits per heavy atom. The minimum absolute atomic E-state index is 0.0344. The van der Waals surface area contributed by atoms with Crippen molar-refractivity contribution in [2.24, 2.45) is 34.0 Å². The first-order valence-electron chi connectivity index (χ1n) is 15.0. The Hall–Kier alpha value is -1.90. The summed E-state index contributed by atoms with van der Waals surface area (Å²) in [5.41, 5.74) is 6.41. The normalized spacial score (nSPS) is 36.3. The summed E-state index contributed by atoms with van der Waals surface area (Å²) in [4.78, 5) is 17.0. The van der Waals surface area contributed by atoms with Crippen molar-refractivity contribution in [1.82, 2.24) is 4.98 Å². The maximum atomic E-state index is 12.9. The molecular formula is C34H49NO2. The van der Waals surface area contributed by atoms with Gasteiger partial charge in [-0.3, -0.25) is 4.98 Å². The monoisotopic (exact) mass is 503 g/mol. The summed E-state index contributed by atoms with van der Waals surface area (Å²) < 4.78 is 6.18. The molecule has 0 spiro atoms. The molecule has 4 aliphatic carbocycles. The highest BCUT2D eigenvalue weighted by Gasteiger charge is 2.59. The summed E-state index contributed by atoms with van der Waals surface area (Å²) in [6.07, 6.45) is 19.8. The quantitative estimate of drug-likeness (QED) is 0.221. The first-order valence-corrected chi connectivity index (χ1v) is 15.0. The molecule has 0 bridgehead atoms. The van der Waals surface area contributed by atoms with Crippen LogP contribution in [0.5, 0.6) is 0 Å². The summed E-state index contributed by atoms with van der Waals surface area (Å²) in [5, 5.41) is 0. The maximum absolute atomic E-state index is 12.9. The number of pyridine rings is 1. The van der Waals surface area contributed by atoms with Crippen molar-refractivity contribution in [3.05, 3.63) is 52.9 Å². The second kappa shape index (κ2) is 10.0. The van der Waals surface area contributed by atoms with Gasteiger partial charge in [0.05, 0.1) is 5.56 Å². The van der Waals surface area contributed by atoms with Crippen molar-refractivity contribution in [3.8, 4) is 0 Å². The number of unbranched alkanes of at least 4 members (excludes halogenated alkanes) is 1. The number of rotatable bonds is 6. The molecule has 5 rings (SSSR count). The molecule has 6 unspecified atom stereocenters. The van der Waals surface area contributed by atoms with E-state index in [1.54, 1.807) is 12.4 Å². The van der Waals surface area contributed by atoms with E-state index in [1.165, 1.54) is 63.4 Å². The number of aromatic nitrogens is 1. The maximum Gasteiger partial charge on any atom is 0.339 e. The number of nitrogens with zero attached hydrogens (tertiary/aromatic N) is 1. The van der Waals surface area contributed by atoms with Crippen LogP contribution >= 0.6 is 0 Å². The smallest absolute Gasteiger partial charge is 0.339 e. The van der Waals surface area contributed by atoms with E-state index in [4.69, 9.17) is 4.74 Å². The molecule has 2 fully saturated rings. The molecular weight excluding hydrogens is 454 g/mol. The average molecular weight is 504 g/mol. The van der Waals surface area contributed by atoms with Gasteiger partial charge in [0.25, 0.3) is 0 Å². The molecule has 1 aromatic heterocycles. The molecule has 2 saturated carbocycles. The summed E-state index contributed by atoms with van der Waals surface area (Å²) in [6.45, 7) is 14.4. The number of hydrogen-bond acceptors (Lipinski definition) is 3. The lowest BCUT2D eigenvalue weighted by Gasteiger charge is -2.60. The second-order valence-electron chi connectivity index (χ2n) is 14.1. The van der Waals surface area contributed by atoms with Gasteiger partial charge in [0.2, 0.25) is 0 Å². The van der Waals surface area contributed by atoms with Crippen molar-refractivity contribution in [1.29, 1.82) is 0 Å². The first-order chi connectivity index (χ1) is 17.6. The van der Waals surface area contributed by atoms with Crippen LogP contribution in [0.2, 0.25) is 0 Å². The molecule has 3 nitrogen and oxygen atoms in total. The van der Waals surface area contributed by atoms with Crippen molar-refractivity contribution in [2.75, 3.05) is 0 Å². The molecule has 0 amide bonds. The fourth-order valence-corrected chi connectivity index (χ4v) is 9.50. The van der Waals surface area contributed by atoms with E-state index in [0.29, 0.717) is 16.9 Å². The van der Waals surface area contributed by atoms with Gasteiger partial charge in [0.15, 0.2) is 0 Å². The van der Waals surface area contributed by atoms with E-state index in [-0.39, 0.29) is 22.9 Å². The SMILES string of the molecule is CC(C)=CCCCC1CCC2C3=C(CCC12C)C1(C)CCC(OC(=O)c2cccnc2)C(C)(C)C1CC3. The third-order valence-corrected chi connectivity index (χ3v) is 11.5. The lowest BCUT2D eigenvalue weighted by Crippen LogP contribution is -2.54. The predicted octanol–water partition coefficient (Wildman–Crippen LogP) is 9.10. The van der Waals surface area contributed by atoms with Gasteiger partial charge in [-0.2, -0.15) is 0 Å². The zero-order valence-electron chi connectivity index (χ0n) is 24.2. The van der Waals surface area contributed by atoms with Crippen molar-refractivity contribution in [2.45, 2.75) is 118 Å². The van der Waals surface area contributed by atoms with Gasteiger partial charge in [-0.15, -0.1) is 0 Å². The fourth-order valence-electron chi connectivity index (χ4n) is 9.50. The minimum Gasteiger partial charge on any atom is -0.458 e. The highest BCUT2D eigenvalue weighted by molar-refractivity contribution is 5.89. The van der Waals surface area contributed by atoms with Gasteiger partial charge >= 0.3 is 5.97 Å². The second-order valence-corrected chi connectivity index (χ2v) is 14.1. The van der Waals surface area contributed by atoms with Gasteiger partial charge in [-0.25, -0.2) is 4.79 Å². The van der Waals surface area contributed by atoms with E-state index >= 15 is 0 Å². The van der Waals surface area contributed by atoms with Crippen molar-refractivity contribution >= 4 is 5.97 Å². The average Bonchev–Trinajstić information content (AvgIpc) is 3.20. The Kier molecular flexibility index (Phi) is 7.22. The largest absolute Gasteiger partial charge is 0.458 e. The number of hydrogen-bond donors (Lipinski definition) is 0. The number of fused-ring (bicyclic) bond motifs is 4. The molecule has 0 N–H and O–H groups in total. The van der Waals surface area contributed by atoms with Gasteiger partial charge < -0.3 is 4.74 Å². The minimum atomic E-state index is -0.222. The van der Waals surface area contributed by atoms with Crippen LogP contribution in [-0.4, -0.2) is 17.1 Å². The number of esters is 1. The Bertz CT molecular complexity index is 1060. The Labute approximate surface area is 225 Å². The lowest BCUT2D eigenvalue weighted by atomic mass is 9.46. The van der Waals surface area contributed by atoms with Crippen LogP contribution in [0.25, 0.3) is 0 Å². The van der Waals surface area contributed by atoms with E-state index in [0.717, 1.165) is 24.7 Å². The van der Waals surface area contributed by atoms with Crippen LogP contribution in [0.3, 0.4) is 0 Å². The molecule has 1 heterocycles. The van der Waals surface area contributed by atoms with Crippen molar-refractivity contribution < 1.29 is 9.53 Å². The summed E-state index contributed by atoms with van der Waals surface area (Å²) in [5.74, 6) is 2.03. The standard InChI is InChI=1S/C34H49NO2/c1-23(2)10-7-8-12-25-13-15-27-26-14-16-29-32(3,4)30(37-31(36)24-11-9-21-35-22-24)18-20-34(29,6)28(26)17-19-33(25,27)5/h9-11,21-22,25,27,29-30H,7-8,12-20H2,1-6H3. The molecule has 1 aromatic rings. The van der Waals surface area contributed by atoms with Crippen LogP contribution in [0.1, 0.15) is 123 Å². The molecule has 0 radical (unpaired) electrons. The Morgan fingerprint density at radius 2 is 1.89 bits per heavy atom. The van der Waals surface area contributed by atoms with E-state index in [9.17, 15) is 4.79 Å². The lowest BCUT2D eigenvalue weighted by molar-refractivity contribution is -0.101. The van der Waals surface area contributed by atoms with Crippen LogP contribution < -0.4 is 0 Å². The summed E-state index contributed by atoms with van der Waals surface area (Å²) in [6, 6.07) is 3.62. The Morgan fingerprint density at radius 3 is 2.62 bits per heavy atom. The van der Waals surface area contributed by atoms with Gasteiger partial charge in [0.1, 0.15) is 6.10 Å². The third-order valence-electron chi connectivity index (χ3n) is 11.5. The molecule has 4 aliphatic rings. The van der Waals surface area contributed by atoms with E-state index < -0.39 is 0 Å². The molecule has 3 heteroatoms. The molecule has 0 saturated heterocycles. The fraction of sp³-hybridized carbons (Fsp3) is 0.706. The zero-order valence-corrected chi connectivity index (χ0v) is 24.2. The van der Waals surface area contributed by atoms with Crippen LogP contribution in [-0.2, 0) is 4.74 Å². The molecule has 0 aromatic carbocycles. The molecule has 202 valence electrons. The summed E-state index contributed by atoms with van der Waals surface area (Å²) >= 11 is 0. The van der Waals surface area contributed by atoms with Crippen LogP contribution in [0.4, 0.5) is 0 Å². The van der Waals surface area contributed by atoms with Crippen LogP contribution in [0, 0.1) is 34.0 Å². The number of carbonyl (C=O) groups excluding carboxylic acids is 1. The van der Waals surface area contributed by atoms with Gasteiger partial charge in [-0.1, -0.05) is 50.5 Å². The first kappa shape index (κ1) is 26.7. The number of ether oxygens (including phenoxy) is 1. The van der Waals surface area contributed by atoms with E-state index in [1.807, 2.05) is 23.3 Å².